The molecule has 1 aromatic heterocycles. The van der Waals surface area contributed by atoms with Gasteiger partial charge in [-0.25, -0.2) is 9.37 Å². The van der Waals surface area contributed by atoms with Gasteiger partial charge >= 0.3 is 0 Å². The number of nitrogens with two attached hydrogens (primary N) is 1. The van der Waals surface area contributed by atoms with Gasteiger partial charge in [-0.2, -0.15) is 0 Å². The van der Waals surface area contributed by atoms with Gasteiger partial charge in [0.15, 0.2) is 5.82 Å². The van der Waals surface area contributed by atoms with Crippen LogP contribution in [0.25, 0.3) is 0 Å². The van der Waals surface area contributed by atoms with Gasteiger partial charge in [0.05, 0.1) is 14.2 Å². The van der Waals surface area contributed by atoms with Gasteiger partial charge < -0.3 is 19.9 Å². The van der Waals surface area contributed by atoms with Gasteiger partial charge in [0.25, 0.3) is 5.88 Å². The van der Waals surface area contributed by atoms with Gasteiger partial charge in [-0.05, 0) is 6.07 Å². The number of pyridine rings is 1. The molecule has 0 amide bonds. The van der Waals surface area contributed by atoms with Gasteiger partial charge in [0, 0.05) is 36.5 Å². The topological polar surface area (TPSA) is 66.6 Å². The van der Waals surface area contributed by atoms with Crippen LogP contribution in [-0.4, -0.2) is 19.2 Å². The summed E-state index contributed by atoms with van der Waals surface area (Å²) in [5, 5.41) is 0. The number of halogens is 1. The first-order valence-electron chi connectivity index (χ1n) is 5.92. The fourth-order valence-corrected chi connectivity index (χ4v) is 1.64. The van der Waals surface area contributed by atoms with Gasteiger partial charge in [-0.1, -0.05) is 0 Å². The van der Waals surface area contributed by atoms with E-state index in [1.54, 1.807) is 18.2 Å². The monoisotopic (exact) mass is 278 g/mol. The van der Waals surface area contributed by atoms with E-state index in [2.05, 4.69) is 4.98 Å². The Labute approximate surface area is 116 Å². The smallest absolute Gasteiger partial charge is 0.256 e. The molecule has 0 aliphatic rings. The number of hydrogen-bond acceptors (Lipinski definition) is 5. The molecular formula is C14H15FN2O3. The Hall–Kier alpha value is -2.34. The summed E-state index contributed by atoms with van der Waals surface area (Å²) in [6, 6.07) is 6.42. The lowest BCUT2D eigenvalue weighted by atomic mass is 10.2. The molecule has 20 heavy (non-hydrogen) atoms. The van der Waals surface area contributed by atoms with Crippen LogP contribution in [0, 0.1) is 5.82 Å². The van der Waals surface area contributed by atoms with Crippen molar-refractivity contribution in [1.82, 2.24) is 4.98 Å². The molecule has 0 atom stereocenters. The van der Waals surface area contributed by atoms with Crippen molar-refractivity contribution in [1.29, 1.82) is 0 Å². The zero-order chi connectivity index (χ0) is 14.5. The maximum atomic E-state index is 14.0. The molecule has 0 unspecified atom stereocenters. The van der Waals surface area contributed by atoms with Crippen LogP contribution in [0.15, 0.2) is 30.5 Å². The second kappa shape index (κ2) is 6.21. The summed E-state index contributed by atoms with van der Waals surface area (Å²) in [6.07, 6.45) is 1.44. The molecular weight excluding hydrogens is 263 g/mol. The normalized spacial score (nSPS) is 10.2. The Morgan fingerprint density at radius 3 is 2.25 bits per heavy atom. The zero-order valence-electron chi connectivity index (χ0n) is 11.2. The SMILES string of the molecule is COc1cc(OC)cc(Oc2nccc(CN)c2F)c1. The van der Waals surface area contributed by atoms with Crippen molar-refractivity contribution in [2.45, 2.75) is 6.54 Å². The van der Waals surface area contributed by atoms with E-state index in [-0.39, 0.29) is 12.4 Å². The number of methoxy groups -OCH3 is 2. The van der Waals surface area contributed by atoms with Crippen LogP contribution < -0.4 is 19.9 Å². The quantitative estimate of drug-likeness (QED) is 0.910. The molecule has 1 heterocycles. The summed E-state index contributed by atoms with van der Waals surface area (Å²) < 4.78 is 29.7. The largest absolute Gasteiger partial charge is 0.496 e. The third kappa shape index (κ3) is 2.97. The standard InChI is InChI=1S/C14H15FN2O3/c1-18-10-5-11(19-2)7-12(6-10)20-14-13(15)9(8-16)3-4-17-14/h3-7H,8,16H2,1-2H3. The third-order valence-corrected chi connectivity index (χ3v) is 2.70. The summed E-state index contributed by atoms with van der Waals surface area (Å²) >= 11 is 0. The zero-order valence-corrected chi connectivity index (χ0v) is 11.2. The Kier molecular flexibility index (Phi) is 4.37. The molecule has 6 heteroatoms. The van der Waals surface area contributed by atoms with Crippen LogP contribution in [-0.2, 0) is 6.54 Å². The highest BCUT2D eigenvalue weighted by Gasteiger charge is 2.12. The molecule has 0 saturated heterocycles. The molecule has 2 N–H and O–H groups in total. The highest BCUT2D eigenvalue weighted by molar-refractivity contribution is 5.43. The number of benzene rings is 1. The van der Waals surface area contributed by atoms with Crippen molar-refractivity contribution >= 4 is 0 Å². The first-order valence-corrected chi connectivity index (χ1v) is 5.92. The van der Waals surface area contributed by atoms with Crippen LogP contribution in [0.3, 0.4) is 0 Å². The van der Waals surface area contributed by atoms with Crippen molar-refractivity contribution in [2.24, 2.45) is 5.73 Å². The van der Waals surface area contributed by atoms with E-state index >= 15 is 0 Å². The van der Waals surface area contributed by atoms with Crippen molar-refractivity contribution in [3.63, 3.8) is 0 Å². The Balaban J connectivity index is 2.34. The van der Waals surface area contributed by atoms with Crippen molar-refractivity contribution in [2.75, 3.05) is 14.2 Å². The minimum atomic E-state index is -0.572. The first kappa shape index (κ1) is 14.1. The summed E-state index contributed by atoms with van der Waals surface area (Å²) in [5.74, 6) is 0.728. The van der Waals surface area contributed by atoms with Crippen LogP contribution in [0.2, 0.25) is 0 Å². The molecule has 0 fully saturated rings. The molecule has 0 bridgehead atoms. The molecule has 0 aliphatic carbocycles. The molecule has 0 spiro atoms. The Morgan fingerprint density at radius 2 is 1.70 bits per heavy atom. The second-order valence-electron chi connectivity index (χ2n) is 3.94. The molecule has 1 aromatic carbocycles. The summed E-state index contributed by atoms with van der Waals surface area (Å²) in [6.45, 7) is 0.0755. The molecule has 0 aliphatic heterocycles. The fraction of sp³-hybridized carbons (Fsp3) is 0.214. The summed E-state index contributed by atoms with van der Waals surface area (Å²) in [5.41, 5.74) is 5.78. The van der Waals surface area contributed by atoms with Crippen LogP contribution in [0.5, 0.6) is 23.1 Å². The third-order valence-electron chi connectivity index (χ3n) is 2.70. The minimum Gasteiger partial charge on any atom is -0.496 e. The molecule has 0 saturated carbocycles. The number of rotatable bonds is 5. The van der Waals surface area contributed by atoms with E-state index in [0.29, 0.717) is 22.8 Å². The maximum absolute atomic E-state index is 14.0. The number of hydrogen-bond donors (Lipinski definition) is 1. The fourth-order valence-electron chi connectivity index (χ4n) is 1.64. The van der Waals surface area contributed by atoms with Gasteiger partial charge in [-0.3, -0.25) is 0 Å². The molecule has 2 aromatic rings. The van der Waals surface area contributed by atoms with E-state index in [1.807, 2.05) is 0 Å². The number of aromatic nitrogens is 1. The lowest BCUT2D eigenvalue weighted by Gasteiger charge is -2.10. The molecule has 106 valence electrons. The van der Waals surface area contributed by atoms with E-state index in [4.69, 9.17) is 19.9 Å². The predicted molar refractivity (Wildman–Crippen MR) is 71.7 cm³/mol. The lowest BCUT2D eigenvalue weighted by Crippen LogP contribution is -2.02. The number of nitrogens with zero attached hydrogens (tertiary/aromatic N) is 1. The van der Waals surface area contributed by atoms with Crippen molar-refractivity contribution < 1.29 is 18.6 Å². The van der Waals surface area contributed by atoms with Gasteiger partial charge in [0.1, 0.15) is 17.2 Å². The lowest BCUT2D eigenvalue weighted by molar-refractivity contribution is 0.379. The predicted octanol–water partition coefficient (Wildman–Crippen LogP) is 2.49. The molecule has 5 nitrogen and oxygen atoms in total. The second-order valence-corrected chi connectivity index (χ2v) is 3.94. The van der Waals surface area contributed by atoms with Gasteiger partial charge in [-0.15, -0.1) is 0 Å². The van der Waals surface area contributed by atoms with E-state index in [0.717, 1.165) is 0 Å². The highest BCUT2D eigenvalue weighted by Crippen LogP contribution is 2.31. The van der Waals surface area contributed by atoms with E-state index in [1.165, 1.54) is 26.5 Å². The summed E-state index contributed by atoms with van der Waals surface area (Å²) in [4.78, 5) is 3.86. The van der Waals surface area contributed by atoms with Crippen LogP contribution in [0.1, 0.15) is 5.56 Å². The number of ether oxygens (including phenoxy) is 3. The van der Waals surface area contributed by atoms with Crippen LogP contribution in [0.4, 0.5) is 4.39 Å². The minimum absolute atomic E-state index is 0.0755. The Bertz CT molecular complexity index is 583. The first-order chi connectivity index (χ1) is 9.67. The van der Waals surface area contributed by atoms with Crippen molar-refractivity contribution in [3.05, 3.63) is 41.8 Å². The molecule has 0 radical (unpaired) electrons. The van der Waals surface area contributed by atoms with Crippen molar-refractivity contribution in [3.8, 4) is 23.1 Å². The molecule has 2 rings (SSSR count). The Morgan fingerprint density at radius 1 is 1.10 bits per heavy atom. The maximum Gasteiger partial charge on any atom is 0.256 e. The average molecular weight is 278 g/mol. The summed E-state index contributed by atoms with van der Waals surface area (Å²) in [7, 11) is 3.04. The van der Waals surface area contributed by atoms with E-state index < -0.39 is 5.82 Å². The van der Waals surface area contributed by atoms with Gasteiger partial charge in [0.2, 0.25) is 0 Å². The van der Waals surface area contributed by atoms with E-state index in [9.17, 15) is 4.39 Å². The van der Waals surface area contributed by atoms with Crippen LogP contribution >= 0.6 is 0 Å². The highest BCUT2D eigenvalue weighted by atomic mass is 19.1. The average Bonchev–Trinajstić information content (AvgIpc) is 2.49.